The molecule has 100 valence electrons. The van der Waals surface area contributed by atoms with E-state index >= 15 is 0 Å². The minimum Gasteiger partial charge on any atom is -0.298 e. The molecular weight excluding hydrogens is 254 g/mol. The zero-order valence-corrected chi connectivity index (χ0v) is 12.1. The largest absolute Gasteiger partial charge is 0.298 e. The average Bonchev–Trinajstić information content (AvgIpc) is 2.86. The Morgan fingerprint density at radius 2 is 2.16 bits per heavy atom. The molecule has 3 heterocycles. The van der Waals surface area contributed by atoms with Crippen molar-refractivity contribution >= 4 is 11.3 Å². The van der Waals surface area contributed by atoms with Crippen LogP contribution in [0.1, 0.15) is 29.4 Å². The lowest BCUT2D eigenvalue weighted by molar-refractivity contribution is 0.279. The molecule has 1 aliphatic rings. The molecule has 0 fully saturated rings. The zero-order chi connectivity index (χ0) is 13.1. The van der Waals surface area contributed by atoms with E-state index in [1.54, 1.807) is 17.7 Å². The molecule has 3 nitrogen and oxygen atoms in total. The fourth-order valence-corrected chi connectivity index (χ4v) is 3.40. The van der Waals surface area contributed by atoms with E-state index in [0.717, 1.165) is 38.9 Å². The molecule has 4 heteroatoms. The Bertz CT molecular complexity index is 536. The van der Waals surface area contributed by atoms with E-state index in [1.807, 2.05) is 0 Å². The monoisotopic (exact) mass is 273 g/mol. The Balaban J connectivity index is 1.74. The van der Waals surface area contributed by atoms with Crippen molar-refractivity contribution in [3.05, 3.63) is 45.7 Å². The highest BCUT2D eigenvalue weighted by atomic mass is 32.1. The predicted molar refractivity (Wildman–Crippen MR) is 78.4 cm³/mol. The van der Waals surface area contributed by atoms with Gasteiger partial charge >= 0.3 is 0 Å². The molecule has 0 saturated carbocycles. The first-order valence-electron chi connectivity index (χ1n) is 6.92. The van der Waals surface area contributed by atoms with Gasteiger partial charge in [-0.2, -0.15) is 11.3 Å². The highest BCUT2D eigenvalue weighted by Crippen LogP contribution is 2.18. The third-order valence-corrected chi connectivity index (χ3v) is 4.52. The molecule has 0 N–H and O–H groups in total. The van der Waals surface area contributed by atoms with Crippen molar-refractivity contribution in [3.8, 4) is 0 Å². The summed E-state index contributed by atoms with van der Waals surface area (Å²) < 4.78 is 0. The van der Waals surface area contributed by atoms with Gasteiger partial charge in [-0.3, -0.25) is 4.90 Å². The van der Waals surface area contributed by atoms with Crippen molar-refractivity contribution in [2.45, 2.75) is 32.7 Å². The topological polar surface area (TPSA) is 29.0 Å². The molecule has 0 unspecified atom stereocenters. The number of thiophene rings is 1. The van der Waals surface area contributed by atoms with Gasteiger partial charge in [0, 0.05) is 37.4 Å². The molecule has 1 aliphatic heterocycles. The Morgan fingerprint density at radius 3 is 2.95 bits per heavy atom. The lowest BCUT2D eigenvalue weighted by Crippen LogP contribution is -2.25. The van der Waals surface area contributed by atoms with Gasteiger partial charge in [0.25, 0.3) is 0 Å². The van der Waals surface area contributed by atoms with Crippen molar-refractivity contribution < 1.29 is 0 Å². The van der Waals surface area contributed by atoms with E-state index < -0.39 is 0 Å². The van der Waals surface area contributed by atoms with Crippen LogP contribution in [0.3, 0.4) is 0 Å². The third-order valence-electron chi connectivity index (χ3n) is 3.79. The predicted octanol–water partition coefficient (Wildman–Crippen LogP) is 2.70. The SMILES string of the molecule is CCc1ncnc2c1CCN(Cc1ccsc1)CC2. The zero-order valence-electron chi connectivity index (χ0n) is 11.3. The Kier molecular flexibility index (Phi) is 3.89. The van der Waals surface area contributed by atoms with E-state index in [1.165, 1.54) is 22.5 Å². The molecule has 19 heavy (non-hydrogen) atoms. The molecule has 0 radical (unpaired) electrons. The van der Waals surface area contributed by atoms with Gasteiger partial charge in [-0.15, -0.1) is 0 Å². The lowest BCUT2D eigenvalue weighted by Gasteiger charge is -2.18. The molecule has 0 saturated heterocycles. The molecule has 2 aromatic rings. The quantitative estimate of drug-likeness (QED) is 0.861. The summed E-state index contributed by atoms with van der Waals surface area (Å²) in [5.41, 5.74) is 5.33. The van der Waals surface area contributed by atoms with Gasteiger partial charge in [0.15, 0.2) is 0 Å². The van der Waals surface area contributed by atoms with Crippen molar-refractivity contribution in [1.82, 2.24) is 14.9 Å². The summed E-state index contributed by atoms with van der Waals surface area (Å²) in [7, 11) is 0. The smallest absolute Gasteiger partial charge is 0.115 e. The summed E-state index contributed by atoms with van der Waals surface area (Å²) in [6.07, 6.45) is 4.88. The fourth-order valence-electron chi connectivity index (χ4n) is 2.74. The van der Waals surface area contributed by atoms with Gasteiger partial charge in [0.1, 0.15) is 6.33 Å². The van der Waals surface area contributed by atoms with Crippen LogP contribution in [0.4, 0.5) is 0 Å². The van der Waals surface area contributed by atoms with Crippen LogP contribution in [0.25, 0.3) is 0 Å². The van der Waals surface area contributed by atoms with Crippen LogP contribution < -0.4 is 0 Å². The fraction of sp³-hybridized carbons (Fsp3) is 0.467. The second-order valence-corrected chi connectivity index (χ2v) is 5.79. The van der Waals surface area contributed by atoms with Gasteiger partial charge in [-0.1, -0.05) is 6.92 Å². The second-order valence-electron chi connectivity index (χ2n) is 5.01. The van der Waals surface area contributed by atoms with E-state index in [2.05, 4.69) is 38.6 Å². The molecule has 2 aromatic heterocycles. The average molecular weight is 273 g/mol. The van der Waals surface area contributed by atoms with Gasteiger partial charge < -0.3 is 0 Å². The molecule has 0 atom stereocenters. The maximum atomic E-state index is 4.48. The van der Waals surface area contributed by atoms with Crippen molar-refractivity contribution in [3.63, 3.8) is 0 Å². The van der Waals surface area contributed by atoms with Crippen LogP contribution in [-0.2, 0) is 25.8 Å². The summed E-state index contributed by atoms with van der Waals surface area (Å²) in [5.74, 6) is 0. The molecule has 0 amide bonds. The van der Waals surface area contributed by atoms with Crippen LogP contribution >= 0.6 is 11.3 Å². The van der Waals surface area contributed by atoms with E-state index in [9.17, 15) is 0 Å². The van der Waals surface area contributed by atoms with Crippen LogP contribution in [0.15, 0.2) is 23.2 Å². The highest BCUT2D eigenvalue weighted by Gasteiger charge is 2.17. The Morgan fingerprint density at radius 1 is 1.26 bits per heavy atom. The normalized spacial score (nSPS) is 16.1. The number of hydrogen-bond donors (Lipinski definition) is 0. The van der Waals surface area contributed by atoms with Crippen molar-refractivity contribution in [1.29, 1.82) is 0 Å². The summed E-state index contributed by atoms with van der Waals surface area (Å²) in [6, 6.07) is 2.22. The van der Waals surface area contributed by atoms with Gasteiger partial charge in [-0.25, -0.2) is 9.97 Å². The maximum absolute atomic E-state index is 4.48. The molecule has 3 rings (SSSR count). The Hall–Kier alpha value is -1.26. The summed E-state index contributed by atoms with van der Waals surface area (Å²) in [4.78, 5) is 11.4. The molecular formula is C15H19N3S. The van der Waals surface area contributed by atoms with E-state index in [0.29, 0.717) is 0 Å². The van der Waals surface area contributed by atoms with Gasteiger partial charge in [-0.05, 0) is 40.8 Å². The molecule has 0 spiro atoms. The third kappa shape index (κ3) is 2.85. The number of aryl methyl sites for hydroxylation is 1. The van der Waals surface area contributed by atoms with Crippen LogP contribution in [-0.4, -0.2) is 28.0 Å². The van der Waals surface area contributed by atoms with E-state index in [-0.39, 0.29) is 0 Å². The standard InChI is InChI=1S/C15H19N3S/c1-2-14-13-3-6-18(9-12-5-8-19-10-12)7-4-15(13)17-11-16-14/h5,8,10-11H,2-4,6-7,9H2,1H3. The minimum atomic E-state index is 1.01. The number of hydrogen-bond acceptors (Lipinski definition) is 4. The lowest BCUT2D eigenvalue weighted by atomic mass is 10.1. The van der Waals surface area contributed by atoms with Crippen molar-refractivity contribution in [2.24, 2.45) is 0 Å². The molecule has 0 bridgehead atoms. The number of nitrogens with zero attached hydrogens (tertiary/aromatic N) is 3. The van der Waals surface area contributed by atoms with E-state index in [4.69, 9.17) is 0 Å². The maximum Gasteiger partial charge on any atom is 0.115 e. The number of aromatic nitrogens is 2. The molecule has 0 aromatic carbocycles. The summed E-state index contributed by atoms with van der Waals surface area (Å²) in [5, 5.41) is 4.40. The highest BCUT2D eigenvalue weighted by molar-refractivity contribution is 7.07. The minimum absolute atomic E-state index is 1.01. The van der Waals surface area contributed by atoms with Crippen LogP contribution in [0.5, 0.6) is 0 Å². The Labute approximate surface area is 118 Å². The number of fused-ring (bicyclic) bond motifs is 1. The first-order chi connectivity index (χ1) is 9.36. The molecule has 0 aliphatic carbocycles. The summed E-state index contributed by atoms with van der Waals surface area (Å²) in [6.45, 7) is 5.45. The first-order valence-corrected chi connectivity index (χ1v) is 7.86. The van der Waals surface area contributed by atoms with Crippen LogP contribution in [0.2, 0.25) is 0 Å². The van der Waals surface area contributed by atoms with Crippen molar-refractivity contribution in [2.75, 3.05) is 13.1 Å². The first kappa shape index (κ1) is 12.8. The second kappa shape index (κ2) is 5.80. The van der Waals surface area contributed by atoms with Gasteiger partial charge in [0.05, 0.1) is 0 Å². The van der Waals surface area contributed by atoms with Crippen LogP contribution in [0, 0.1) is 0 Å². The van der Waals surface area contributed by atoms with Gasteiger partial charge in [0.2, 0.25) is 0 Å². The summed E-state index contributed by atoms with van der Waals surface area (Å²) >= 11 is 1.78. The number of rotatable bonds is 3.